The molecule has 1 aromatic carbocycles. The topological polar surface area (TPSA) is 66.5 Å². The molecule has 0 saturated heterocycles. The summed E-state index contributed by atoms with van der Waals surface area (Å²) in [5.41, 5.74) is 0.559. The van der Waals surface area contributed by atoms with Crippen LogP contribution in [0.4, 0.5) is 4.39 Å². The Morgan fingerprint density at radius 1 is 1.19 bits per heavy atom. The SMILES string of the molecule is CS(=O)(=O)N(CCC(=O)NCCc1ccccc1F)C1CCCCCC1. The van der Waals surface area contributed by atoms with E-state index in [1.54, 1.807) is 18.2 Å². The van der Waals surface area contributed by atoms with Crippen molar-refractivity contribution in [1.82, 2.24) is 9.62 Å². The third kappa shape index (κ3) is 6.68. The molecular weight excluding hydrogens is 355 g/mol. The van der Waals surface area contributed by atoms with Crippen molar-refractivity contribution in [1.29, 1.82) is 0 Å². The van der Waals surface area contributed by atoms with Crippen molar-refractivity contribution >= 4 is 15.9 Å². The average Bonchev–Trinajstić information content (AvgIpc) is 2.85. The van der Waals surface area contributed by atoms with E-state index >= 15 is 0 Å². The van der Waals surface area contributed by atoms with Gasteiger partial charge in [0.15, 0.2) is 0 Å². The van der Waals surface area contributed by atoms with E-state index in [1.165, 1.54) is 16.6 Å². The molecule has 26 heavy (non-hydrogen) atoms. The second kappa shape index (κ2) is 10.0. The molecule has 0 heterocycles. The van der Waals surface area contributed by atoms with Crippen molar-refractivity contribution in [3.8, 4) is 0 Å². The highest BCUT2D eigenvalue weighted by molar-refractivity contribution is 7.88. The van der Waals surface area contributed by atoms with Gasteiger partial charge in [0.1, 0.15) is 5.82 Å². The molecule has 0 atom stereocenters. The van der Waals surface area contributed by atoms with Crippen molar-refractivity contribution in [3.63, 3.8) is 0 Å². The number of halogens is 1. The molecule has 0 spiro atoms. The van der Waals surface area contributed by atoms with E-state index in [9.17, 15) is 17.6 Å². The molecular formula is C19H29FN2O3S. The number of amides is 1. The quantitative estimate of drug-likeness (QED) is 0.701. The third-order valence-corrected chi connectivity index (χ3v) is 6.22. The van der Waals surface area contributed by atoms with E-state index in [0.29, 0.717) is 18.5 Å². The fourth-order valence-corrected chi connectivity index (χ4v) is 4.68. The Bertz CT molecular complexity index is 686. The van der Waals surface area contributed by atoms with Crippen LogP contribution in [0.5, 0.6) is 0 Å². The molecule has 2 rings (SSSR count). The van der Waals surface area contributed by atoms with E-state index < -0.39 is 10.0 Å². The molecule has 1 fully saturated rings. The number of nitrogens with one attached hydrogen (secondary N) is 1. The van der Waals surface area contributed by atoms with Crippen molar-refractivity contribution in [2.24, 2.45) is 0 Å². The minimum atomic E-state index is -3.34. The fraction of sp³-hybridized carbons (Fsp3) is 0.632. The summed E-state index contributed by atoms with van der Waals surface area (Å²) in [5.74, 6) is -0.484. The number of sulfonamides is 1. The highest BCUT2D eigenvalue weighted by atomic mass is 32.2. The van der Waals surface area contributed by atoms with Gasteiger partial charge in [-0.1, -0.05) is 43.9 Å². The van der Waals surface area contributed by atoms with Gasteiger partial charge < -0.3 is 5.32 Å². The lowest BCUT2D eigenvalue weighted by Gasteiger charge is -2.28. The molecule has 146 valence electrons. The first-order valence-electron chi connectivity index (χ1n) is 9.35. The molecule has 0 radical (unpaired) electrons. The second-order valence-corrected chi connectivity index (χ2v) is 8.90. The molecule has 1 amide bonds. The normalized spacial score (nSPS) is 16.4. The van der Waals surface area contributed by atoms with E-state index in [1.807, 2.05) is 0 Å². The summed E-state index contributed by atoms with van der Waals surface area (Å²) in [6.45, 7) is 0.539. The van der Waals surface area contributed by atoms with E-state index in [2.05, 4.69) is 5.32 Å². The van der Waals surface area contributed by atoms with E-state index in [4.69, 9.17) is 0 Å². The monoisotopic (exact) mass is 384 g/mol. The van der Waals surface area contributed by atoms with Crippen molar-refractivity contribution in [3.05, 3.63) is 35.6 Å². The Kier molecular flexibility index (Phi) is 8.03. The number of benzene rings is 1. The predicted octanol–water partition coefficient (Wildman–Crippen LogP) is 2.86. The van der Waals surface area contributed by atoms with E-state index in [-0.39, 0.29) is 30.7 Å². The van der Waals surface area contributed by atoms with Crippen LogP contribution in [0.15, 0.2) is 24.3 Å². The molecule has 1 aromatic rings. The van der Waals surface area contributed by atoms with Gasteiger partial charge in [0.05, 0.1) is 6.26 Å². The summed E-state index contributed by atoms with van der Waals surface area (Å²) in [4.78, 5) is 12.1. The fourth-order valence-electron chi connectivity index (χ4n) is 3.50. The highest BCUT2D eigenvalue weighted by Crippen LogP contribution is 2.23. The summed E-state index contributed by atoms with van der Waals surface area (Å²) in [6.07, 6.45) is 7.84. The molecule has 5 nitrogen and oxygen atoms in total. The first kappa shape index (κ1) is 20.8. The number of nitrogens with zero attached hydrogens (tertiary/aromatic N) is 1. The zero-order chi connectivity index (χ0) is 19.0. The minimum absolute atomic E-state index is 0.00119. The van der Waals surface area contributed by atoms with Gasteiger partial charge in [-0.25, -0.2) is 12.8 Å². The molecule has 0 unspecified atom stereocenters. The third-order valence-electron chi connectivity index (χ3n) is 4.89. The first-order valence-corrected chi connectivity index (χ1v) is 11.2. The van der Waals surface area contributed by atoms with Gasteiger partial charge in [-0.2, -0.15) is 4.31 Å². The van der Waals surface area contributed by atoms with Gasteiger partial charge in [0.25, 0.3) is 0 Å². The van der Waals surface area contributed by atoms with Gasteiger partial charge in [-0.15, -0.1) is 0 Å². The predicted molar refractivity (Wildman–Crippen MR) is 101 cm³/mol. The minimum Gasteiger partial charge on any atom is -0.356 e. The molecule has 1 saturated carbocycles. The van der Waals surface area contributed by atoms with Crippen LogP contribution in [0, 0.1) is 5.82 Å². The standard InChI is InChI=1S/C19H29FN2O3S/c1-26(24,25)22(17-9-4-2-3-5-10-17)15-13-19(23)21-14-12-16-8-6-7-11-18(16)20/h6-8,11,17H,2-5,9-10,12-15H2,1H3,(H,21,23). The van der Waals surface area contributed by atoms with Crippen LogP contribution in [0.1, 0.15) is 50.5 Å². The van der Waals surface area contributed by atoms with E-state index in [0.717, 1.165) is 38.5 Å². The van der Waals surface area contributed by atoms with Crippen LogP contribution in [0.2, 0.25) is 0 Å². The maximum atomic E-state index is 13.6. The number of rotatable bonds is 8. The maximum Gasteiger partial charge on any atom is 0.221 e. The Balaban J connectivity index is 1.81. The zero-order valence-corrected chi connectivity index (χ0v) is 16.2. The lowest BCUT2D eigenvalue weighted by Crippen LogP contribution is -2.41. The van der Waals surface area contributed by atoms with Crippen LogP contribution in [0.3, 0.4) is 0 Å². The molecule has 1 aliphatic carbocycles. The van der Waals surface area contributed by atoms with Gasteiger partial charge in [0.2, 0.25) is 15.9 Å². The van der Waals surface area contributed by atoms with Crippen LogP contribution in [-0.4, -0.2) is 44.0 Å². The summed E-state index contributed by atoms with van der Waals surface area (Å²) in [6, 6.07) is 6.48. The maximum absolute atomic E-state index is 13.6. The van der Waals surface area contributed by atoms with Gasteiger partial charge >= 0.3 is 0 Å². The smallest absolute Gasteiger partial charge is 0.221 e. The molecule has 1 aliphatic rings. The Hall–Kier alpha value is -1.47. The summed E-state index contributed by atoms with van der Waals surface area (Å²) in [7, 11) is -3.34. The summed E-state index contributed by atoms with van der Waals surface area (Å²) < 4.78 is 39.3. The van der Waals surface area contributed by atoms with Crippen molar-refractivity contribution < 1.29 is 17.6 Å². The Labute approximate surface area is 156 Å². The number of hydrogen-bond donors (Lipinski definition) is 1. The molecule has 1 N–H and O–H groups in total. The van der Waals surface area contributed by atoms with Crippen LogP contribution >= 0.6 is 0 Å². The molecule has 7 heteroatoms. The second-order valence-electron chi connectivity index (χ2n) is 6.96. The van der Waals surface area contributed by atoms with Crippen LogP contribution in [-0.2, 0) is 21.2 Å². The van der Waals surface area contributed by atoms with Gasteiger partial charge in [0, 0.05) is 25.6 Å². The van der Waals surface area contributed by atoms with Gasteiger partial charge in [-0.05, 0) is 30.9 Å². The lowest BCUT2D eigenvalue weighted by atomic mass is 10.1. The molecule has 0 aromatic heterocycles. The number of carbonyl (C=O) groups excluding carboxylic acids is 1. The molecule has 0 aliphatic heterocycles. The summed E-state index contributed by atoms with van der Waals surface area (Å²) >= 11 is 0. The number of carbonyl (C=O) groups is 1. The van der Waals surface area contributed by atoms with Crippen molar-refractivity contribution in [2.75, 3.05) is 19.3 Å². The van der Waals surface area contributed by atoms with Gasteiger partial charge in [-0.3, -0.25) is 4.79 Å². The Morgan fingerprint density at radius 2 is 1.85 bits per heavy atom. The largest absolute Gasteiger partial charge is 0.356 e. The van der Waals surface area contributed by atoms with Crippen molar-refractivity contribution in [2.45, 2.75) is 57.4 Å². The highest BCUT2D eigenvalue weighted by Gasteiger charge is 2.27. The zero-order valence-electron chi connectivity index (χ0n) is 15.4. The number of hydrogen-bond acceptors (Lipinski definition) is 3. The first-order chi connectivity index (χ1) is 12.4. The molecule has 0 bridgehead atoms. The average molecular weight is 385 g/mol. The Morgan fingerprint density at radius 3 is 2.46 bits per heavy atom. The summed E-state index contributed by atoms with van der Waals surface area (Å²) in [5, 5.41) is 2.75. The van der Waals surface area contributed by atoms with Crippen LogP contribution in [0.25, 0.3) is 0 Å². The lowest BCUT2D eigenvalue weighted by molar-refractivity contribution is -0.121. The van der Waals surface area contributed by atoms with Crippen LogP contribution < -0.4 is 5.32 Å².